The molecule has 1 fully saturated rings. The average molecular weight is 412 g/mol. The molecule has 7 nitrogen and oxygen atoms in total. The molecule has 1 saturated heterocycles. The molecule has 3 heterocycles. The fourth-order valence-electron chi connectivity index (χ4n) is 3.90. The van der Waals surface area contributed by atoms with Crippen LogP contribution in [0.15, 0.2) is 36.4 Å². The number of aryl methyl sites for hydroxylation is 1. The Labute approximate surface area is 177 Å². The van der Waals surface area contributed by atoms with Crippen LogP contribution in [0, 0.1) is 0 Å². The zero-order valence-corrected chi connectivity index (χ0v) is 17.5. The second-order valence-electron chi connectivity index (χ2n) is 7.67. The van der Waals surface area contributed by atoms with Crippen molar-refractivity contribution in [1.29, 1.82) is 0 Å². The molecule has 2 aromatic rings. The summed E-state index contributed by atoms with van der Waals surface area (Å²) in [4.78, 5) is 21.2. The van der Waals surface area contributed by atoms with Crippen molar-refractivity contribution in [2.45, 2.75) is 25.9 Å². The van der Waals surface area contributed by atoms with Gasteiger partial charge in [0, 0.05) is 50.8 Å². The van der Waals surface area contributed by atoms with Gasteiger partial charge in [-0.1, -0.05) is 18.2 Å². The standard InChI is InChI=1S/C23H29N3O4/c1-28-22-4-2-3-20(24-22)17-25-9-14-30-21-7-5-18(15-19(21)16-25)6-8-23(27)26-10-12-29-13-11-26/h2-5,7,15H,6,8-14,16-17H2,1H3. The van der Waals surface area contributed by atoms with Crippen molar-refractivity contribution in [2.24, 2.45) is 0 Å². The minimum absolute atomic E-state index is 0.204. The van der Waals surface area contributed by atoms with Gasteiger partial charge in [-0.15, -0.1) is 0 Å². The highest BCUT2D eigenvalue weighted by atomic mass is 16.5. The Kier molecular flexibility index (Phi) is 6.81. The van der Waals surface area contributed by atoms with E-state index in [4.69, 9.17) is 14.2 Å². The SMILES string of the molecule is COc1cccc(CN2CCOc3ccc(CCC(=O)N4CCOCC4)cc3C2)n1. The number of amides is 1. The van der Waals surface area contributed by atoms with Crippen LogP contribution in [0.25, 0.3) is 0 Å². The minimum atomic E-state index is 0.204. The first kappa shape index (κ1) is 20.6. The van der Waals surface area contributed by atoms with Gasteiger partial charge in [0.2, 0.25) is 11.8 Å². The number of aromatic nitrogens is 1. The highest BCUT2D eigenvalue weighted by Gasteiger charge is 2.19. The lowest BCUT2D eigenvalue weighted by atomic mass is 10.0. The van der Waals surface area contributed by atoms with Crippen LogP contribution >= 0.6 is 0 Å². The van der Waals surface area contributed by atoms with Gasteiger partial charge in [-0.3, -0.25) is 9.69 Å². The molecule has 0 N–H and O–H groups in total. The van der Waals surface area contributed by atoms with E-state index in [1.54, 1.807) is 7.11 Å². The van der Waals surface area contributed by atoms with Crippen LogP contribution in [-0.2, 0) is 29.0 Å². The van der Waals surface area contributed by atoms with E-state index >= 15 is 0 Å². The number of carbonyl (C=O) groups excluding carboxylic acids is 1. The minimum Gasteiger partial charge on any atom is -0.492 e. The third-order valence-electron chi connectivity index (χ3n) is 5.55. The summed E-state index contributed by atoms with van der Waals surface area (Å²) >= 11 is 0. The number of hydrogen-bond donors (Lipinski definition) is 0. The van der Waals surface area contributed by atoms with Crippen molar-refractivity contribution in [3.05, 3.63) is 53.2 Å². The van der Waals surface area contributed by atoms with E-state index in [0.29, 0.717) is 45.2 Å². The summed E-state index contributed by atoms with van der Waals surface area (Å²) in [5.41, 5.74) is 3.30. The highest BCUT2D eigenvalue weighted by molar-refractivity contribution is 5.76. The van der Waals surface area contributed by atoms with Gasteiger partial charge in [0.25, 0.3) is 0 Å². The van der Waals surface area contributed by atoms with Crippen molar-refractivity contribution in [1.82, 2.24) is 14.8 Å². The molecule has 0 saturated carbocycles. The van der Waals surface area contributed by atoms with Crippen LogP contribution in [0.4, 0.5) is 0 Å². The van der Waals surface area contributed by atoms with Crippen LogP contribution in [-0.4, -0.2) is 67.3 Å². The molecule has 0 aliphatic carbocycles. The largest absolute Gasteiger partial charge is 0.492 e. The summed E-state index contributed by atoms with van der Waals surface area (Å²) in [5, 5.41) is 0. The number of methoxy groups -OCH3 is 1. The second kappa shape index (κ2) is 9.91. The van der Waals surface area contributed by atoms with E-state index in [-0.39, 0.29) is 5.91 Å². The summed E-state index contributed by atoms with van der Waals surface area (Å²) in [5.74, 6) is 1.76. The van der Waals surface area contributed by atoms with E-state index in [1.807, 2.05) is 29.2 Å². The van der Waals surface area contributed by atoms with Crippen LogP contribution < -0.4 is 9.47 Å². The van der Waals surface area contributed by atoms with Crippen LogP contribution in [0.3, 0.4) is 0 Å². The third-order valence-corrected chi connectivity index (χ3v) is 5.55. The quantitative estimate of drug-likeness (QED) is 0.727. The molecule has 1 aromatic heterocycles. The second-order valence-corrected chi connectivity index (χ2v) is 7.67. The summed E-state index contributed by atoms with van der Waals surface area (Å²) < 4.78 is 16.5. The number of pyridine rings is 1. The third kappa shape index (κ3) is 5.29. The van der Waals surface area contributed by atoms with Gasteiger partial charge in [-0.25, -0.2) is 4.98 Å². The summed E-state index contributed by atoms with van der Waals surface area (Å²) in [6.45, 7) is 5.68. The zero-order valence-electron chi connectivity index (χ0n) is 17.5. The summed E-state index contributed by atoms with van der Waals surface area (Å²) in [7, 11) is 1.63. The lowest BCUT2D eigenvalue weighted by molar-refractivity contribution is -0.135. The molecular formula is C23H29N3O4. The molecule has 1 amide bonds. The fraction of sp³-hybridized carbons (Fsp3) is 0.478. The molecular weight excluding hydrogens is 382 g/mol. The average Bonchev–Trinajstić information content (AvgIpc) is 2.99. The van der Waals surface area contributed by atoms with Gasteiger partial charge < -0.3 is 19.1 Å². The predicted octanol–water partition coefficient (Wildman–Crippen LogP) is 2.28. The first-order valence-electron chi connectivity index (χ1n) is 10.5. The van der Waals surface area contributed by atoms with Crippen LogP contribution in [0.1, 0.15) is 23.2 Å². The van der Waals surface area contributed by atoms with Crippen molar-refractivity contribution >= 4 is 5.91 Å². The van der Waals surface area contributed by atoms with Gasteiger partial charge in [-0.2, -0.15) is 0 Å². The van der Waals surface area contributed by atoms with Gasteiger partial charge in [0.15, 0.2) is 0 Å². The Bertz CT molecular complexity index is 867. The number of nitrogens with zero attached hydrogens (tertiary/aromatic N) is 3. The van der Waals surface area contributed by atoms with Gasteiger partial charge in [0.05, 0.1) is 26.0 Å². The molecule has 0 unspecified atom stereocenters. The Morgan fingerprint density at radius 3 is 2.83 bits per heavy atom. The topological polar surface area (TPSA) is 64.1 Å². The van der Waals surface area contributed by atoms with Gasteiger partial charge in [0.1, 0.15) is 12.4 Å². The number of benzene rings is 1. The van der Waals surface area contributed by atoms with Crippen molar-refractivity contribution < 1.29 is 19.0 Å². The van der Waals surface area contributed by atoms with E-state index < -0.39 is 0 Å². The van der Waals surface area contributed by atoms with E-state index in [9.17, 15) is 4.79 Å². The molecule has 2 aliphatic rings. The molecule has 0 spiro atoms. The molecule has 0 bridgehead atoms. The number of fused-ring (bicyclic) bond motifs is 1. The lowest BCUT2D eigenvalue weighted by Gasteiger charge is -2.26. The van der Waals surface area contributed by atoms with Crippen molar-refractivity contribution in [3.8, 4) is 11.6 Å². The molecule has 2 aliphatic heterocycles. The van der Waals surface area contributed by atoms with E-state index in [2.05, 4.69) is 22.0 Å². The maximum Gasteiger partial charge on any atom is 0.223 e. The molecule has 160 valence electrons. The zero-order chi connectivity index (χ0) is 20.8. The summed E-state index contributed by atoms with van der Waals surface area (Å²) in [6, 6.07) is 12.1. The van der Waals surface area contributed by atoms with Gasteiger partial charge >= 0.3 is 0 Å². The maximum absolute atomic E-state index is 12.4. The Balaban J connectivity index is 1.39. The van der Waals surface area contributed by atoms with Gasteiger partial charge in [-0.05, 0) is 24.1 Å². The van der Waals surface area contributed by atoms with E-state index in [0.717, 1.165) is 43.1 Å². The smallest absolute Gasteiger partial charge is 0.223 e. The van der Waals surface area contributed by atoms with E-state index in [1.165, 1.54) is 5.56 Å². The maximum atomic E-state index is 12.4. The van der Waals surface area contributed by atoms with Crippen LogP contribution in [0.5, 0.6) is 11.6 Å². The molecule has 30 heavy (non-hydrogen) atoms. The Hall–Kier alpha value is -2.64. The number of carbonyl (C=O) groups is 1. The number of rotatable bonds is 6. The molecule has 0 atom stereocenters. The predicted molar refractivity (Wildman–Crippen MR) is 113 cm³/mol. The van der Waals surface area contributed by atoms with Crippen LogP contribution in [0.2, 0.25) is 0 Å². The molecule has 7 heteroatoms. The summed E-state index contributed by atoms with van der Waals surface area (Å²) in [6.07, 6.45) is 1.26. The highest BCUT2D eigenvalue weighted by Crippen LogP contribution is 2.26. The number of morpholine rings is 1. The Morgan fingerprint density at radius 2 is 2.00 bits per heavy atom. The molecule has 1 aromatic carbocycles. The first-order valence-corrected chi connectivity index (χ1v) is 10.5. The first-order chi connectivity index (χ1) is 14.7. The molecule has 0 radical (unpaired) electrons. The number of hydrogen-bond acceptors (Lipinski definition) is 6. The number of ether oxygens (including phenoxy) is 3. The lowest BCUT2D eigenvalue weighted by Crippen LogP contribution is -2.40. The normalized spacial score (nSPS) is 17.0. The monoisotopic (exact) mass is 411 g/mol. The molecule has 4 rings (SSSR count). The van der Waals surface area contributed by atoms with Crippen molar-refractivity contribution in [2.75, 3.05) is 46.6 Å². The van der Waals surface area contributed by atoms with Crippen molar-refractivity contribution in [3.63, 3.8) is 0 Å². The Morgan fingerprint density at radius 1 is 1.13 bits per heavy atom. The fourth-order valence-corrected chi connectivity index (χ4v) is 3.90.